The maximum absolute atomic E-state index is 13.3. The molecule has 2 aliphatic rings. The monoisotopic (exact) mass is 636 g/mol. The molecule has 2 unspecified atom stereocenters. The first-order valence-electron chi connectivity index (χ1n) is 15.6. The summed E-state index contributed by atoms with van der Waals surface area (Å²) in [5.41, 5.74) is 3.63. The third kappa shape index (κ3) is 6.91. The lowest BCUT2D eigenvalue weighted by Crippen LogP contribution is -2.18. The molecule has 2 atom stereocenters. The average molecular weight is 637 g/mol. The summed E-state index contributed by atoms with van der Waals surface area (Å²) in [5, 5.41) is 6.90. The molecule has 0 spiro atoms. The summed E-state index contributed by atoms with van der Waals surface area (Å²) in [5.74, 6) is -0.496. The van der Waals surface area contributed by atoms with E-state index in [1.165, 1.54) is 22.7 Å². The van der Waals surface area contributed by atoms with Crippen LogP contribution in [0.5, 0.6) is 0 Å². The normalized spacial score (nSPS) is 17.3. The molecule has 3 aromatic rings. The van der Waals surface area contributed by atoms with Gasteiger partial charge in [-0.15, -0.1) is 22.7 Å². The van der Waals surface area contributed by atoms with Crippen molar-refractivity contribution in [2.75, 3.05) is 23.8 Å². The number of rotatable bonds is 10. The van der Waals surface area contributed by atoms with Crippen molar-refractivity contribution in [3.63, 3.8) is 0 Å². The van der Waals surface area contributed by atoms with E-state index >= 15 is 0 Å². The van der Waals surface area contributed by atoms with Crippen LogP contribution in [-0.2, 0) is 35.2 Å². The molecule has 1 aromatic carbocycles. The lowest BCUT2D eigenvalue weighted by molar-refractivity contribution is 0.0496. The Morgan fingerprint density at radius 1 is 0.705 bits per heavy atom. The Labute approximate surface area is 266 Å². The van der Waals surface area contributed by atoms with Crippen LogP contribution in [0.4, 0.5) is 10.0 Å². The topological polar surface area (TPSA) is 111 Å². The molecular weight excluding hydrogens is 597 g/mol. The number of carbonyl (C=O) groups is 4. The van der Waals surface area contributed by atoms with Gasteiger partial charge in [-0.2, -0.15) is 0 Å². The highest BCUT2D eigenvalue weighted by Crippen LogP contribution is 2.41. The van der Waals surface area contributed by atoms with Crippen molar-refractivity contribution in [1.29, 1.82) is 0 Å². The number of carbonyl (C=O) groups excluding carboxylic acids is 4. The fourth-order valence-electron chi connectivity index (χ4n) is 5.77. The van der Waals surface area contributed by atoms with E-state index in [0.29, 0.717) is 57.3 Å². The van der Waals surface area contributed by atoms with Gasteiger partial charge in [-0.3, -0.25) is 9.59 Å². The summed E-state index contributed by atoms with van der Waals surface area (Å²) < 4.78 is 10.9. The van der Waals surface area contributed by atoms with E-state index in [1.807, 2.05) is 13.8 Å². The molecule has 0 radical (unpaired) electrons. The molecule has 2 amide bonds. The third-order valence-corrected chi connectivity index (χ3v) is 10.5. The van der Waals surface area contributed by atoms with Crippen molar-refractivity contribution < 1.29 is 28.7 Å². The van der Waals surface area contributed by atoms with E-state index in [9.17, 15) is 19.2 Å². The van der Waals surface area contributed by atoms with Gasteiger partial charge < -0.3 is 20.1 Å². The van der Waals surface area contributed by atoms with Gasteiger partial charge in [-0.1, -0.05) is 27.7 Å². The molecule has 2 aliphatic carbocycles. The number of ether oxygens (including phenoxy) is 2. The predicted octanol–water partition coefficient (Wildman–Crippen LogP) is 7.70. The van der Waals surface area contributed by atoms with Crippen LogP contribution in [0.3, 0.4) is 0 Å². The van der Waals surface area contributed by atoms with Crippen LogP contribution >= 0.6 is 22.7 Å². The van der Waals surface area contributed by atoms with Gasteiger partial charge in [0.05, 0.1) is 24.3 Å². The lowest BCUT2D eigenvalue weighted by atomic mass is 9.88. The molecule has 2 N–H and O–H groups in total. The van der Waals surface area contributed by atoms with E-state index in [2.05, 4.69) is 24.5 Å². The van der Waals surface area contributed by atoms with E-state index in [0.717, 1.165) is 72.2 Å². The minimum atomic E-state index is -0.399. The van der Waals surface area contributed by atoms with Crippen LogP contribution in [0.25, 0.3) is 0 Å². The molecule has 2 aromatic heterocycles. The molecule has 5 rings (SSSR count). The first-order chi connectivity index (χ1) is 21.2. The summed E-state index contributed by atoms with van der Waals surface area (Å²) in [6.07, 6.45) is 6.73. The van der Waals surface area contributed by atoms with Crippen molar-refractivity contribution in [1.82, 2.24) is 0 Å². The van der Waals surface area contributed by atoms with Crippen LogP contribution in [0.1, 0.15) is 116 Å². The summed E-state index contributed by atoms with van der Waals surface area (Å²) in [6.45, 7) is 8.93. The Morgan fingerprint density at radius 3 is 1.45 bits per heavy atom. The maximum atomic E-state index is 13.3. The summed E-state index contributed by atoms with van der Waals surface area (Å²) in [6, 6.07) is 6.36. The number of fused-ring (bicyclic) bond motifs is 2. The molecule has 0 saturated heterocycles. The SMILES string of the molecule is CCCOC(=O)c1c(NC(=O)c2ccc(C(=O)Nc3sc4c(c3C(=O)OCCC)CCC(C)C4)cc2)sc2c1CCC(C)C2. The van der Waals surface area contributed by atoms with E-state index < -0.39 is 11.9 Å². The second-order valence-corrected chi connectivity index (χ2v) is 14.1. The van der Waals surface area contributed by atoms with Gasteiger partial charge in [0.25, 0.3) is 11.8 Å². The smallest absolute Gasteiger partial charge is 0.341 e. The molecule has 2 heterocycles. The number of hydrogen-bond acceptors (Lipinski definition) is 8. The maximum Gasteiger partial charge on any atom is 0.341 e. The highest BCUT2D eigenvalue weighted by Gasteiger charge is 2.31. The van der Waals surface area contributed by atoms with E-state index in [1.54, 1.807) is 24.3 Å². The second kappa shape index (κ2) is 14.1. The number of hydrogen-bond donors (Lipinski definition) is 2. The minimum absolute atomic E-state index is 0.325. The number of nitrogens with one attached hydrogen (secondary N) is 2. The molecule has 10 heteroatoms. The quantitative estimate of drug-likeness (QED) is 0.221. The third-order valence-electron chi connectivity index (χ3n) is 8.17. The molecular formula is C34H40N2O6S2. The molecule has 0 aliphatic heterocycles. The van der Waals surface area contributed by atoms with Crippen molar-refractivity contribution in [3.05, 3.63) is 67.4 Å². The number of esters is 2. The zero-order valence-electron chi connectivity index (χ0n) is 25.8. The Balaban J connectivity index is 1.32. The van der Waals surface area contributed by atoms with Gasteiger partial charge in [0.2, 0.25) is 0 Å². The standard InChI is InChI=1S/C34H40N2O6S2/c1-5-15-41-33(39)27-23-13-7-19(3)17-25(23)43-31(27)35-29(37)21-9-11-22(12-10-21)30(38)36-32-28(34(40)42-16-6-2)24-14-8-20(4)18-26(24)44-32/h9-12,19-20H,5-8,13-18H2,1-4H3,(H,35,37)(H,36,38). The van der Waals surface area contributed by atoms with Crippen LogP contribution in [0.2, 0.25) is 0 Å². The first kappa shape index (κ1) is 31.9. The molecule has 0 fully saturated rings. The molecule has 0 bridgehead atoms. The van der Waals surface area contributed by atoms with Gasteiger partial charge >= 0.3 is 11.9 Å². The Morgan fingerprint density at radius 2 is 1.09 bits per heavy atom. The highest BCUT2D eigenvalue weighted by molar-refractivity contribution is 7.17. The molecule has 0 saturated carbocycles. The van der Waals surface area contributed by atoms with Crippen LogP contribution < -0.4 is 10.6 Å². The van der Waals surface area contributed by atoms with Crippen molar-refractivity contribution >= 4 is 56.4 Å². The average Bonchev–Trinajstić information content (AvgIpc) is 3.54. The zero-order valence-corrected chi connectivity index (χ0v) is 27.4. The van der Waals surface area contributed by atoms with Gasteiger partial charge in [0, 0.05) is 20.9 Å². The number of thiophene rings is 2. The van der Waals surface area contributed by atoms with Crippen LogP contribution in [0, 0.1) is 11.8 Å². The largest absolute Gasteiger partial charge is 0.462 e. The first-order valence-corrected chi connectivity index (χ1v) is 17.2. The highest BCUT2D eigenvalue weighted by atomic mass is 32.1. The Hall–Kier alpha value is -3.50. The summed E-state index contributed by atoms with van der Waals surface area (Å²) in [4.78, 5) is 54.8. The fourth-order valence-corrected chi connectivity index (χ4v) is 8.55. The second-order valence-electron chi connectivity index (χ2n) is 11.9. The molecule has 44 heavy (non-hydrogen) atoms. The molecule has 234 valence electrons. The number of benzene rings is 1. The Kier molecular flexibility index (Phi) is 10.2. The minimum Gasteiger partial charge on any atom is -0.462 e. The van der Waals surface area contributed by atoms with Crippen molar-refractivity contribution in [3.8, 4) is 0 Å². The summed E-state index contributed by atoms with van der Waals surface area (Å²) >= 11 is 2.89. The number of amides is 2. The number of anilines is 2. The van der Waals surface area contributed by atoms with Crippen molar-refractivity contribution in [2.45, 2.75) is 79.1 Å². The van der Waals surface area contributed by atoms with Crippen molar-refractivity contribution in [2.24, 2.45) is 11.8 Å². The van der Waals surface area contributed by atoms with Crippen LogP contribution in [-0.4, -0.2) is 37.0 Å². The van der Waals surface area contributed by atoms with Gasteiger partial charge in [-0.25, -0.2) is 9.59 Å². The summed E-state index contributed by atoms with van der Waals surface area (Å²) in [7, 11) is 0. The van der Waals surface area contributed by atoms with Gasteiger partial charge in [-0.05, 0) is 98.6 Å². The predicted molar refractivity (Wildman–Crippen MR) is 175 cm³/mol. The van der Waals surface area contributed by atoms with Gasteiger partial charge in [0.15, 0.2) is 0 Å². The Bertz CT molecular complexity index is 1440. The van der Waals surface area contributed by atoms with Gasteiger partial charge in [0.1, 0.15) is 10.0 Å². The van der Waals surface area contributed by atoms with E-state index in [4.69, 9.17) is 9.47 Å². The fraction of sp³-hybridized carbons (Fsp3) is 0.471. The molecule has 8 nitrogen and oxygen atoms in total. The lowest BCUT2D eigenvalue weighted by Gasteiger charge is -2.18. The van der Waals surface area contributed by atoms with Crippen LogP contribution in [0.15, 0.2) is 24.3 Å². The van der Waals surface area contributed by atoms with E-state index in [-0.39, 0.29) is 11.8 Å². The zero-order chi connectivity index (χ0) is 31.4.